The van der Waals surface area contributed by atoms with Crippen LogP contribution >= 0.6 is 0 Å². The van der Waals surface area contributed by atoms with Crippen molar-refractivity contribution in [2.45, 2.75) is 26.3 Å². The van der Waals surface area contributed by atoms with E-state index in [1.54, 1.807) is 43.3 Å². The zero-order chi connectivity index (χ0) is 22.6. The molecule has 0 saturated carbocycles. The van der Waals surface area contributed by atoms with E-state index in [2.05, 4.69) is 16.4 Å². The topological polar surface area (TPSA) is 112 Å². The number of nitriles is 1. The molecule has 31 heavy (non-hydrogen) atoms. The van der Waals surface area contributed by atoms with Gasteiger partial charge in [-0.25, -0.2) is 9.78 Å². The SMILES string of the molecule is CC(C)[C@](C)(C#N)NC(=O)COC(=O)c1cc(-c2ccc(O)cc2)nc2ccccc12. The van der Waals surface area contributed by atoms with Crippen LogP contribution in [0.25, 0.3) is 22.2 Å². The Labute approximate surface area is 180 Å². The van der Waals surface area contributed by atoms with E-state index in [1.165, 1.54) is 12.1 Å². The van der Waals surface area contributed by atoms with Gasteiger partial charge in [-0.15, -0.1) is 0 Å². The number of nitrogens with zero attached hydrogens (tertiary/aromatic N) is 2. The molecule has 7 heteroatoms. The smallest absolute Gasteiger partial charge is 0.339 e. The quantitative estimate of drug-likeness (QED) is 0.590. The monoisotopic (exact) mass is 417 g/mol. The number of pyridine rings is 1. The number of esters is 1. The second kappa shape index (κ2) is 8.84. The number of benzene rings is 2. The number of carbonyl (C=O) groups is 2. The molecule has 0 aliphatic heterocycles. The maximum atomic E-state index is 12.8. The standard InChI is InChI=1S/C24H23N3O4/c1-15(2)24(3,14-25)27-22(29)13-31-23(30)19-12-21(16-8-10-17(28)11-9-16)26-20-7-5-4-6-18(19)20/h4-12,15,28H,13H2,1-3H3,(H,27,29)/t24-/m0/s1. The average Bonchev–Trinajstić information content (AvgIpc) is 2.77. The molecule has 2 N–H and O–H groups in total. The van der Waals surface area contributed by atoms with Crippen molar-refractivity contribution in [2.75, 3.05) is 6.61 Å². The van der Waals surface area contributed by atoms with E-state index < -0.39 is 24.0 Å². The number of hydrogen-bond donors (Lipinski definition) is 2. The minimum atomic E-state index is -1.06. The van der Waals surface area contributed by atoms with Gasteiger partial charge < -0.3 is 15.2 Å². The second-order valence-corrected chi connectivity index (χ2v) is 7.71. The minimum Gasteiger partial charge on any atom is -0.508 e. The normalized spacial score (nSPS) is 12.7. The Morgan fingerprint density at radius 2 is 1.87 bits per heavy atom. The Bertz CT molecular complexity index is 1170. The number of aromatic hydroxyl groups is 1. The lowest BCUT2D eigenvalue weighted by molar-refractivity contribution is -0.125. The van der Waals surface area contributed by atoms with Gasteiger partial charge in [0.05, 0.1) is 22.8 Å². The highest BCUT2D eigenvalue weighted by Gasteiger charge is 2.30. The third-order valence-corrected chi connectivity index (χ3v) is 5.22. The van der Waals surface area contributed by atoms with Crippen molar-refractivity contribution >= 4 is 22.8 Å². The summed E-state index contributed by atoms with van der Waals surface area (Å²) in [7, 11) is 0. The van der Waals surface area contributed by atoms with E-state index in [-0.39, 0.29) is 17.2 Å². The van der Waals surface area contributed by atoms with Crippen LogP contribution in [0.4, 0.5) is 0 Å². The summed E-state index contributed by atoms with van der Waals surface area (Å²) in [6, 6.07) is 17.3. The first-order chi connectivity index (χ1) is 14.7. The fourth-order valence-electron chi connectivity index (χ4n) is 2.96. The Kier molecular flexibility index (Phi) is 6.21. The van der Waals surface area contributed by atoms with Crippen molar-refractivity contribution in [1.82, 2.24) is 10.3 Å². The van der Waals surface area contributed by atoms with Crippen molar-refractivity contribution in [2.24, 2.45) is 5.92 Å². The number of phenols is 1. The lowest BCUT2D eigenvalue weighted by atomic mass is 9.90. The molecule has 2 aromatic carbocycles. The van der Waals surface area contributed by atoms with Crippen LogP contribution in [0.1, 0.15) is 31.1 Å². The molecule has 0 aliphatic carbocycles. The largest absolute Gasteiger partial charge is 0.508 e. The third kappa shape index (κ3) is 4.81. The number of nitrogens with one attached hydrogen (secondary N) is 1. The number of rotatable bonds is 6. The van der Waals surface area contributed by atoms with Crippen molar-refractivity contribution in [1.29, 1.82) is 5.26 Å². The van der Waals surface area contributed by atoms with Crippen LogP contribution in [0.3, 0.4) is 0 Å². The Morgan fingerprint density at radius 3 is 2.52 bits per heavy atom. The summed E-state index contributed by atoms with van der Waals surface area (Å²) in [4.78, 5) is 29.7. The molecular formula is C24H23N3O4. The molecule has 3 aromatic rings. The van der Waals surface area contributed by atoms with Crippen LogP contribution in [-0.4, -0.2) is 34.1 Å². The van der Waals surface area contributed by atoms with Crippen molar-refractivity contribution in [3.05, 3.63) is 60.2 Å². The maximum absolute atomic E-state index is 12.8. The molecule has 0 fully saturated rings. The van der Waals surface area contributed by atoms with Gasteiger partial charge >= 0.3 is 5.97 Å². The molecule has 158 valence electrons. The summed E-state index contributed by atoms with van der Waals surface area (Å²) < 4.78 is 5.25. The highest BCUT2D eigenvalue weighted by Crippen LogP contribution is 2.26. The molecule has 0 aliphatic rings. The zero-order valence-corrected chi connectivity index (χ0v) is 17.5. The summed E-state index contributed by atoms with van der Waals surface area (Å²) in [6.07, 6.45) is 0. The summed E-state index contributed by atoms with van der Waals surface area (Å²) in [5.41, 5.74) is 1.07. The first kappa shape index (κ1) is 21.8. The van der Waals surface area contributed by atoms with Crippen LogP contribution in [0.15, 0.2) is 54.6 Å². The van der Waals surface area contributed by atoms with Gasteiger partial charge in [0.1, 0.15) is 11.3 Å². The molecule has 0 radical (unpaired) electrons. The molecule has 0 bridgehead atoms. The van der Waals surface area contributed by atoms with Gasteiger partial charge in [0.2, 0.25) is 0 Å². The predicted molar refractivity (Wildman–Crippen MR) is 116 cm³/mol. The van der Waals surface area contributed by atoms with Crippen LogP contribution in [0, 0.1) is 17.2 Å². The zero-order valence-electron chi connectivity index (χ0n) is 17.5. The van der Waals surface area contributed by atoms with E-state index in [9.17, 15) is 20.0 Å². The minimum absolute atomic E-state index is 0.117. The van der Waals surface area contributed by atoms with Crippen LogP contribution < -0.4 is 5.32 Å². The van der Waals surface area contributed by atoms with E-state index in [0.717, 1.165) is 5.56 Å². The van der Waals surface area contributed by atoms with E-state index in [4.69, 9.17) is 4.74 Å². The lowest BCUT2D eigenvalue weighted by Gasteiger charge is -2.27. The third-order valence-electron chi connectivity index (χ3n) is 5.22. The molecule has 1 amide bonds. The molecule has 1 atom stereocenters. The number of fused-ring (bicyclic) bond motifs is 1. The van der Waals surface area contributed by atoms with E-state index >= 15 is 0 Å². The number of amides is 1. The Hall–Kier alpha value is -3.92. The van der Waals surface area contributed by atoms with Gasteiger partial charge in [-0.1, -0.05) is 32.0 Å². The molecule has 0 spiro atoms. The van der Waals surface area contributed by atoms with Gasteiger partial charge in [-0.3, -0.25) is 4.79 Å². The average molecular weight is 417 g/mol. The molecule has 0 unspecified atom stereocenters. The lowest BCUT2D eigenvalue weighted by Crippen LogP contribution is -2.50. The van der Waals surface area contributed by atoms with Gasteiger partial charge in [0.15, 0.2) is 6.61 Å². The molecule has 3 rings (SSSR count). The summed E-state index contributed by atoms with van der Waals surface area (Å²) in [6.45, 7) is 4.76. The number of para-hydroxylation sites is 1. The summed E-state index contributed by atoms with van der Waals surface area (Å²) >= 11 is 0. The second-order valence-electron chi connectivity index (χ2n) is 7.71. The Balaban J connectivity index is 1.86. The number of phenolic OH excluding ortho intramolecular Hbond substituents is 1. The van der Waals surface area contributed by atoms with Crippen LogP contribution in [0.5, 0.6) is 5.75 Å². The van der Waals surface area contributed by atoms with Gasteiger partial charge in [-0.2, -0.15) is 5.26 Å². The fraction of sp³-hybridized carbons (Fsp3) is 0.250. The van der Waals surface area contributed by atoms with E-state index in [0.29, 0.717) is 16.6 Å². The van der Waals surface area contributed by atoms with Gasteiger partial charge in [0.25, 0.3) is 5.91 Å². The fourth-order valence-corrected chi connectivity index (χ4v) is 2.96. The van der Waals surface area contributed by atoms with Crippen molar-refractivity contribution in [3.8, 4) is 23.1 Å². The summed E-state index contributed by atoms with van der Waals surface area (Å²) in [5, 5.41) is 22.1. The molecular weight excluding hydrogens is 394 g/mol. The number of hydrogen-bond acceptors (Lipinski definition) is 6. The Morgan fingerprint density at radius 1 is 1.19 bits per heavy atom. The van der Waals surface area contributed by atoms with Crippen molar-refractivity contribution in [3.63, 3.8) is 0 Å². The first-order valence-electron chi connectivity index (χ1n) is 9.82. The molecule has 1 heterocycles. The van der Waals surface area contributed by atoms with Crippen molar-refractivity contribution < 1.29 is 19.4 Å². The first-order valence-corrected chi connectivity index (χ1v) is 9.82. The van der Waals surface area contributed by atoms with Crippen LogP contribution in [-0.2, 0) is 9.53 Å². The number of aromatic nitrogens is 1. The van der Waals surface area contributed by atoms with E-state index in [1.807, 2.05) is 19.9 Å². The molecule has 0 saturated heterocycles. The highest BCUT2D eigenvalue weighted by molar-refractivity contribution is 6.05. The van der Waals surface area contributed by atoms with Gasteiger partial charge in [-0.05, 0) is 49.2 Å². The predicted octanol–water partition coefficient (Wildman–Crippen LogP) is 3.82. The highest BCUT2D eigenvalue weighted by atomic mass is 16.5. The number of ether oxygens (including phenoxy) is 1. The summed E-state index contributed by atoms with van der Waals surface area (Å²) in [5.74, 6) is -1.21. The molecule has 1 aromatic heterocycles. The van der Waals surface area contributed by atoms with Crippen LogP contribution in [0.2, 0.25) is 0 Å². The maximum Gasteiger partial charge on any atom is 0.339 e. The number of carbonyl (C=O) groups excluding carboxylic acids is 2. The van der Waals surface area contributed by atoms with Gasteiger partial charge in [0, 0.05) is 10.9 Å². The molecule has 7 nitrogen and oxygen atoms in total.